The van der Waals surface area contributed by atoms with Crippen molar-refractivity contribution in [2.75, 3.05) is 16.8 Å². The van der Waals surface area contributed by atoms with Gasteiger partial charge in [0.05, 0.1) is 23.9 Å². The number of piperidine rings is 1. The van der Waals surface area contributed by atoms with Crippen LogP contribution in [0.3, 0.4) is 0 Å². The van der Waals surface area contributed by atoms with Crippen LogP contribution < -0.4 is 15.8 Å². The van der Waals surface area contributed by atoms with E-state index in [1.165, 1.54) is 17.2 Å². The van der Waals surface area contributed by atoms with Gasteiger partial charge in [-0.3, -0.25) is 14.4 Å². The van der Waals surface area contributed by atoms with Crippen LogP contribution in [0.4, 0.5) is 11.4 Å². The number of anilines is 2. The lowest BCUT2D eigenvalue weighted by Gasteiger charge is -2.26. The summed E-state index contributed by atoms with van der Waals surface area (Å²) in [6.45, 7) is 0.701. The predicted octanol–water partition coefficient (Wildman–Crippen LogP) is 2.88. The van der Waals surface area contributed by atoms with E-state index in [-0.39, 0.29) is 17.4 Å². The zero-order valence-corrected chi connectivity index (χ0v) is 17.1. The van der Waals surface area contributed by atoms with Gasteiger partial charge >= 0.3 is 0 Å². The number of carbonyl (C=O) groups is 2. The fourth-order valence-electron chi connectivity index (χ4n) is 3.86. The Hall–Kier alpha value is -4.27. The molecule has 0 bridgehead atoms. The van der Waals surface area contributed by atoms with Gasteiger partial charge in [-0.05, 0) is 49.2 Å². The SMILES string of the molecule is O=C(Nc1ccccc1-n1ncc2c(=O)[nH]cnc21)c1ccc(N2CCCCC2=O)cc1. The Bertz CT molecular complexity index is 1370. The van der Waals surface area contributed by atoms with E-state index in [9.17, 15) is 14.4 Å². The molecule has 1 aliphatic heterocycles. The average molecular weight is 428 g/mol. The van der Waals surface area contributed by atoms with E-state index in [0.29, 0.717) is 40.9 Å². The first-order chi connectivity index (χ1) is 15.6. The number of aromatic amines is 1. The van der Waals surface area contributed by atoms with Gasteiger partial charge in [-0.1, -0.05) is 12.1 Å². The monoisotopic (exact) mass is 428 g/mol. The number of rotatable bonds is 4. The van der Waals surface area contributed by atoms with Crippen molar-refractivity contribution in [3.8, 4) is 5.69 Å². The first-order valence-corrected chi connectivity index (χ1v) is 10.3. The predicted molar refractivity (Wildman–Crippen MR) is 120 cm³/mol. The number of nitrogens with one attached hydrogen (secondary N) is 2. The Morgan fingerprint density at radius 2 is 1.84 bits per heavy atom. The van der Waals surface area contributed by atoms with Crippen molar-refractivity contribution in [1.29, 1.82) is 0 Å². The molecule has 0 spiro atoms. The Morgan fingerprint density at radius 1 is 1.03 bits per heavy atom. The van der Waals surface area contributed by atoms with Crippen LogP contribution in [-0.4, -0.2) is 38.1 Å². The minimum atomic E-state index is -0.295. The molecule has 0 radical (unpaired) electrons. The summed E-state index contributed by atoms with van der Waals surface area (Å²) in [5, 5.41) is 7.55. The smallest absolute Gasteiger partial charge is 0.261 e. The van der Waals surface area contributed by atoms with Crippen LogP contribution in [0.15, 0.2) is 65.8 Å². The largest absolute Gasteiger partial charge is 0.320 e. The van der Waals surface area contributed by atoms with Crippen molar-refractivity contribution < 1.29 is 9.59 Å². The van der Waals surface area contributed by atoms with E-state index >= 15 is 0 Å². The summed E-state index contributed by atoms with van der Waals surface area (Å²) in [7, 11) is 0. The van der Waals surface area contributed by atoms with Gasteiger partial charge in [0.15, 0.2) is 5.65 Å². The van der Waals surface area contributed by atoms with Gasteiger partial charge in [0.25, 0.3) is 11.5 Å². The van der Waals surface area contributed by atoms with Gasteiger partial charge in [0.1, 0.15) is 5.39 Å². The van der Waals surface area contributed by atoms with Crippen molar-refractivity contribution >= 4 is 34.2 Å². The number of benzene rings is 2. The molecule has 3 heterocycles. The number of nitrogens with zero attached hydrogens (tertiary/aromatic N) is 4. The maximum atomic E-state index is 12.9. The first kappa shape index (κ1) is 19.7. The second-order valence-electron chi connectivity index (χ2n) is 7.55. The van der Waals surface area contributed by atoms with Crippen LogP contribution in [0, 0.1) is 0 Å². The molecule has 0 unspecified atom stereocenters. The Balaban J connectivity index is 1.41. The van der Waals surface area contributed by atoms with E-state index in [2.05, 4.69) is 20.4 Å². The van der Waals surface area contributed by atoms with Crippen LogP contribution in [0.1, 0.15) is 29.6 Å². The molecule has 5 rings (SSSR count). The molecule has 4 aromatic rings. The summed E-state index contributed by atoms with van der Waals surface area (Å²) in [4.78, 5) is 45.5. The second-order valence-corrected chi connectivity index (χ2v) is 7.55. The zero-order chi connectivity index (χ0) is 22.1. The summed E-state index contributed by atoms with van der Waals surface area (Å²) >= 11 is 0. The van der Waals surface area contributed by atoms with Gasteiger partial charge in [-0.15, -0.1) is 0 Å². The third kappa shape index (κ3) is 3.53. The lowest BCUT2D eigenvalue weighted by atomic mass is 10.1. The molecule has 9 heteroatoms. The fraction of sp³-hybridized carbons (Fsp3) is 0.174. The van der Waals surface area contributed by atoms with Crippen LogP contribution in [-0.2, 0) is 4.79 Å². The molecule has 0 aliphatic carbocycles. The number of aromatic nitrogens is 4. The topological polar surface area (TPSA) is 113 Å². The molecule has 2 aromatic carbocycles. The molecule has 1 saturated heterocycles. The summed E-state index contributed by atoms with van der Waals surface area (Å²) in [6.07, 6.45) is 5.22. The molecule has 0 saturated carbocycles. The highest BCUT2D eigenvalue weighted by molar-refractivity contribution is 6.06. The number of hydrogen-bond acceptors (Lipinski definition) is 5. The van der Waals surface area contributed by atoms with Crippen molar-refractivity contribution in [3.05, 3.63) is 77.0 Å². The molecule has 32 heavy (non-hydrogen) atoms. The quantitative estimate of drug-likeness (QED) is 0.519. The Kier molecular flexibility index (Phi) is 4.98. The normalized spacial score (nSPS) is 14.0. The number of amides is 2. The van der Waals surface area contributed by atoms with E-state index in [4.69, 9.17) is 0 Å². The molecule has 2 aromatic heterocycles. The van der Waals surface area contributed by atoms with Gasteiger partial charge < -0.3 is 15.2 Å². The van der Waals surface area contributed by atoms with E-state index in [0.717, 1.165) is 18.5 Å². The third-order valence-corrected chi connectivity index (χ3v) is 5.52. The summed E-state index contributed by atoms with van der Waals surface area (Å²) in [6, 6.07) is 14.2. The minimum absolute atomic E-state index is 0.112. The standard InChI is InChI=1S/C23H20N6O3/c30-20-7-3-4-12-28(20)16-10-8-15(9-11-16)22(31)27-18-5-1-2-6-19(18)29-21-17(13-26-29)23(32)25-14-24-21/h1-2,5-6,8-11,13-14H,3-4,7,12H2,(H,27,31)(H,24,25,32). The van der Waals surface area contributed by atoms with Gasteiger partial charge in [0.2, 0.25) is 5.91 Å². The molecular formula is C23H20N6O3. The van der Waals surface area contributed by atoms with E-state index in [1.807, 2.05) is 6.07 Å². The minimum Gasteiger partial charge on any atom is -0.320 e. The Morgan fingerprint density at radius 3 is 2.66 bits per heavy atom. The van der Waals surface area contributed by atoms with Gasteiger partial charge in [0, 0.05) is 24.2 Å². The van der Waals surface area contributed by atoms with Crippen molar-refractivity contribution in [2.45, 2.75) is 19.3 Å². The van der Waals surface area contributed by atoms with Crippen molar-refractivity contribution in [2.24, 2.45) is 0 Å². The van der Waals surface area contributed by atoms with Crippen LogP contribution in [0.2, 0.25) is 0 Å². The highest BCUT2D eigenvalue weighted by Gasteiger charge is 2.20. The van der Waals surface area contributed by atoms with E-state index in [1.54, 1.807) is 47.4 Å². The van der Waals surface area contributed by atoms with Crippen LogP contribution >= 0.6 is 0 Å². The molecular weight excluding hydrogens is 408 g/mol. The molecule has 2 amide bonds. The highest BCUT2D eigenvalue weighted by Crippen LogP contribution is 2.24. The lowest BCUT2D eigenvalue weighted by molar-refractivity contribution is -0.119. The number of fused-ring (bicyclic) bond motifs is 1. The maximum Gasteiger partial charge on any atom is 0.261 e. The number of carbonyl (C=O) groups excluding carboxylic acids is 2. The molecule has 1 aliphatic rings. The molecule has 2 N–H and O–H groups in total. The van der Waals surface area contributed by atoms with E-state index < -0.39 is 0 Å². The van der Waals surface area contributed by atoms with Crippen LogP contribution in [0.25, 0.3) is 16.7 Å². The maximum absolute atomic E-state index is 12.9. The molecule has 160 valence electrons. The summed E-state index contributed by atoms with van der Waals surface area (Å²) < 4.78 is 1.52. The van der Waals surface area contributed by atoms with Crippen molar-refractivity contribution in [3.63, 3.8) is 0 Å². The average Bonchev–Trinajstić information content (AvgIpc) is 3.25. The number of para-hydroxylation sites is 2. The molecule has 1 fully saturated rings. The fourth-order valence-corrected chi connectivity index (χ4v) is 3.86. The van der Waals surface area contributed by atoms with Gasteiger partial charge in [-0.25, -0.2) is 9.67 Å². The zero-order valence-electron chi connectivity index (χ0n) is 17.1. The summed E-state index contributed by atoms with van der Waals surface area (Å²) in [5.41, 5.74) is 2.49. The third-order valence-electron chi connectivity index (χ3n) is 5.52. The molecule has 0 atom stereocenters. The molecule has 9 nitrogen and oxygen atoms in total. The van der Waals surface area contributed by atoms with Gasteiger partial charge in [-0.2, -0.15) is 5.10 Å². The lowest BCUT2D eigenvalue weighted by Crippen LogP contribution is -2.35. The first-order valence-electron chi connectivity index (χ1n) is 10.3. The second kappa shape index (κ2) is 8.10. The summed E-state index contributed by atoms with van der Waals surface area (Å²) in [5.74, 6) is -0.183. The van der Waals surface area contributed by atoms with Crippen molar-refractivity contribution in [1.82, 2.24) is 19.7 Å². The number of hydrogen-bond donors (Lipinski definition) is 2. The highest BCUT2D eigenvalue weighted by atomic mass is 16.2. The number of H-pyrrole nitrogens is 1. The van der Waals surface area contributed by atoms with Crippen LogP contribution in [0.5, 0.6) is 0 Å². The Labute approximate surface area is 182 Å².